The van der Waals surface area contributed by atoms with Crippen molar-refractivity contribution >= 4 is 0 Å². The lowest BCUT2D eigenvalue weighted by Gasteiger charge is -1.90. The lowest BCUT2D eigenvalue weighted by molar-refractivity contribution is 0.450. The van der Waals surface area contributed by atoms with Crippen LogP contribution < -0.4 is 0 Å². The Morgan fingerprint density at radius 1 is 1.00 bits per heavy atom. The van der Waals surface area contributed by atoms with Gasteiger partial charge in [0.05, 0.1) is 0 Å². The third kappa shape index (κ3) is 6.89. The minimum atomic E-state index is 0.0880. The predicted molar refractivity (Wildman–Crippen MR) is 49.4 cm³/mol. The Kier molecular flexibility index (Phi) is 4.88. The van der Waals surface area contributed by atoms with Gasteiger partial charge < -0.3 is 15.1 Å². The molecule has 0 saturated carbocycles. The molecule has 1 aromatic carbocycles. The lowest BCUT2D eigenvalue weighted by Crippen LogP contribution is -1.99. The van der Waals surface area contributed by atoms with Crippen molar-refractivity contribution in [1.29, 1.82) is 0 Å². The van der Waals surface area contributed by atoms with Gasteiger partial charge in [0.15, 0.2) is 0 Å². The van der Waals surface area contributed by atoms with Crippen molar-refractivity contribution in [3.63, 3.8) is 0 Å². The van der Waals surface area contributed by atoms with E-state index in [-0.39, 0.29) is 11.5 Å². The quantitative estimate of drug-likeness (QED) is 0.614. The number of rotatable bonds is 0. The summed E-state index contributed by atoms with van der Waals surface area (Å²) >= 11 is 0. The van der Waals surface area contributed by atoms with E-state index in [0.29, 0.717) is 0 Å². The van der Waals surface area contributed by atoms with Crippen molar-refractivity contribution < 1.29 is 10.2 Å². The molecular weight excluding hydrogens is 154 g/mol. The molecule has 2 N–H and O–H groups in total. The van der Waals surface area contributed by atoms with Crippen LogP contribution in [0.15, 0.2) is 24.3 Å². The molecule has 12 heavy (non-hydrogen) atoms. The molecule has 0 aliphatic carbocycles. The highest BCUT2D eigenvalue weighted by Crippen LogP contribution is 2.14. The molecule has 1 aromatic rings. The Bertz CT molecular complexity index is 204. The molecule has 0 atom stereocenters. The van der Waals surface area contributed by atoms with Crippen LogP contribution in [0.4, 0.5) is 0 Å². The zero-order chi connectivity index (χ0) is 9.56. The van der Waals surface area contributed by atoms with Crippen molar-refractivity contribution in [3.8, 4) is 11.5 Å². The predicted octanol–water partition coefficient (Wildman–Crippen LogP) is 1.28. The molecule has 0 fully saturated rings. The number of nitrogens with zero attached hydrogens (tertiary/aromatic N) is 1. The smallest absolute Gasteiger partial charge is 0.119 e. The standard InChI is InChI=1S/C6H6O2.C3H9N/c7-5-2-1-3-6(8)4-5;1-4(2)3/h1-4,7-8H;1-3H3. The molecule has 0 unspecified atom stereocenters. The second-order valence-electron chi connectivity index (χ2n) is 2.86. The fraction of sp³-hybridized carbons (Fsp3) is 0.333. The molecule has 0 aliphatic rings. The van der Waals surface area contributed by atoms with E-state index in [1.54, 1.807) is 6.07 Å². The Balaban J connectivity index is 0.000000261. The average molecular weight is 169 g/mol. The number of phenols is 2. The van der Waals surface area contributed by atoms with Gasteiger partial charge in [-0.1, -0.05) is 6.07 Å². The van der Waals surface area contributed by atoms with E-state index in [9.17, 15) is 0 Å². The monoisotopic (exact) mass is 169 g/mol. The third-order valence-corrected chi connectivity index (χ3v) is 0.830. The first-order chi connectivity index (χ1) is 5.52. The summed E-state index contributed by atoms with van der Waals surface area (Å²) in [6, 6.07) is 5.85. The van der Waals surface area contributed by atoms with Crippen LogP contribution in [-0.4, -0.2) is 36.3 Å². The molecule has 68 valence electrons. The molecule has 0 aromatic heterocycles. The van der Waals surface area contributed by atoms with E-state index in [2.05, 4.69) is 0 Å². The molecule has 0 saturated heterocycles. The maximum Gasteiger partial charge on any atom is 0.119 e. The Morgan fingerprint density at radius 3 is 1.50 bits per heavy atom. The summed E-state index contributed by atoms with van der Waals surface area (Å²) in [6.07, 6.45) is 0. The van der Waals surface area contributed by atoms with Crippen LogP contribution >= 0.6 is 0 Å². The van der Waals surface area contributed by atoms with Gasteiger partial charge in [0.2, 0.25) is 0 Å². The zero-order valence-electron chi connectivity index (χ0n) is 7.65. The van der Waals surface area contributed by atoms with Crippen molar-refractivity contribution in [3.05, 3.63) is 24.3 Å². The van der Waals surface area contributed by atoms with E-state index >= 15 is 0 Å². The van der Waals surface area contributed by atoms with Crippen molar-refractivity contribution in [2.24, 2.45) is 0 Å². The van der Waals surface area contributed by atoms with Gasteiger partial charge in [-0.25, -0.2) is 0 Å². The third-order valence-electron chi connectivity index (χ3n) is 0.830. The number of hydrogen-bond acceptors (Lipinski definition) is 3. The molecule has 0 amide bonds. The summed E-state index contributed by atoms with van der Waals surface area (Å²) in [7, 11) is 6.00. The van der Waals surface area contributed by atoms with E-state index < -0.39 is 0 Å². The number of aromatic hydroxyl groups is 2. The summed E-state index contributed by atoms with van der Waals surface area (Å²) in [5.74, 6) is 0.176. The molecular formula is C9H15NO2. The van der Waals surface area contributed by atoms with Gasteiger partial charge in [-0.3, -0.25) is 0 Å². The van der Waals surface area contributed by atoms with Gasteiger partial charge in [-0.15, -0.1) is 0 Å². The van der Waals surface area contributed by atoms with Crippen molar-refractivity contribution in [2.45, 2.75) is 0 Å². The molecule has 0 heterocycles. The zero-order valence-corrected chi connectivity index (χ0v) is 7.65. The molecule has 3 heteroatoms. The van der Waals surface area contributed by atoms with Crippen LogP contribution in [0.25, 0.3) is 0 Å². The van der Waals surface area contributed by atoms with Crippen LogP contribution in [0.2, 0.25) is 0 Å². The summed E-state index contributed by atoms with van der Waals surface area (Å²) in [6.45, 7) is 0. The molecule has 0 radical (unpaired) electrons. The van der Waals surface area contributed by atoms with E-state index in [0.717, 1.165) is 0 Å². The Hall–Kier alpha value is -1.22. The van der Waals surface area contributed by atoms with Crippen LogP contribution in [0.5, 0.6) is 11.5 Å². The van der Waals surface area contributed by atoms with Crippen LogP contribution in [0.1, 0.15) is 0 Å². The molecule has 1 rings (SSSR count). The molecule has 3 nitrogen and oxygen atoms in total. The average Bonchev–Trinajstić information content (AvgIpc) is 1.84. The van der Waals surface area contributed by atoms with Crippen molar-refractivity contribution in [2.75, 3.05) is 21.1 Å². The highest BCUT2D eigenvalue weighted by atomic mass is 16.3. The van der Waals surface area contributed by atoms with Gasteiger partial charge in [-0.05, 0) is 33.3 Å². The summed E-state index contributed by atoms with van der Waals surface area (Å²) in [4.78, 5) is 2.00. The fourth-order valence-electron chi connectivity index (χ4n) is 0.493. The minimum Gasteiger partial charge on any atom is -0.508 e. The number of benzene rings is 1. The lowest BCUT2D eigenvalue weighted by atomic mass is 10.3. The van der Waals surface area contributed by atoms with Crippen molar-refractivity contribution in [1.82, 2.24) is 4.90 Å². The maximum absolute atomic E-state index is 8.65. The Morgan fingerprint density at radius 2 is 1.33 bits per heavy atom. The van der Waals surface area contributed by atoms with Gasteiger partial charge >= 0.3 is 0 Å². The van der Waals surface area contributed by atoms with Gasteiger partial charge in [0.25, 0.3) is 0 Å². The largest absolute Gasteiger partial charge is 0.508 e. The molecule has 0 spiro atoms. The number of hydrogen-bond donors (Lipinski definition) is 2. The van der Waals surface area contributed by atoms with Crippen LogP contribution in [-0.2, 0) is 0 Å². The first kappa shape index (κ1) is 10.8. The minimum absolute atomic E-state index is 0.0880. The summed E-state index contributed by atoms with van der Waals surface area (Å²) in [5, 5.41) is 17.3. The van der Waals surface area contributed by atoms with E-state index in [4.69, 9.17) is 10.2 Å². The van der Waals surface area contributed by atoms with E-state index in [1.807, 2.05) is 26.0 Å². The first-order valence-corrected chi connectivity index (χ1v) is 3.61. The summed E-state index contributed by atoms with van der Waals surface area (Å²) < 4.78 is 0. The van der Waals surface area contributed by atoms with Gasteiger partial charge in [0, 0.05) is 6.07 Å². The van der Waals surface area contributed by atoms with Gasteiger partial charge in [0.1, 0.15) is 11.5 Å². The Labute approximate surface area is 72.9 Å². The highest BCUT2D eigenvalue weighted by molar-refractivity contribution is 5.30. The maximum atomic E-state index is 8.65. The molecule has 0 aliphatic heterocycles. The van der Waals surface area contributed by atoms with E-state index in [1.165, 1.54) is 18.2 Å². The normalized spacial score (nSPS) is 9.00. The number of phenolic OH excluding ortho intramolecular Hbond substituents is 2. The second-order valence-corrected chi connectivity index (χ2v) is 2.86. The van der Waals surface area contributed by atoms with Crippen LogP contribution in [0, 0.1) is 0 Å². The first-order valence-electron chi connectivity index (χ1n) is 3.61. The summed E-state index contributed by atoms with van der Waals surface area (Å²) in [5.41, 5.74) is 0. The van der Waals surface area contributed by atoms with Gasteiger partial charge in [-0.2, -0.15) is 0 Å². The second kappa shape index (κ2) is 5.43. The SMILES string of the molecule is CN(C)C.Oc1cccc(O)c1. The van der Waals surface area contributed by atoms with Crippen LogP contribution in [0.3, 0.4) is 0 Å². The fourth-order valence-corrected chi connectivity index (χ4v) is 0.493. The topological polar surface area (TPSA) is 43.7 Å². The highest BCUT2D eigenvalue weighted by Gasteiger charge is 1.85. The molecule has 0 bridgehead atoms.